The van der Waals surface area contributed by atoms with Crippen LogP contribution in [0.25, 0.3) is 0 Å². The Morgan fingerprint density at radius 1 is 1.31 bits per heavy atom. The molecule has 1 aromatic rings. The van der Waals surface area contributed by atoms with Crippen molar-refractivity contribution in [2.24, 2.45) is 5.92 Å². The molecule has 0 aliphatic heterocycles. The molecule has 1 rings (SSSR count). The second kappa shape index (κ2) is 5.70. The summed E-state index contributed by atoms with van der Waals surface area (Å²) in [5.74, 6) is 0.313. The van der Waals surface area contributed by atoms with Crippen LogP contribution in [0, 0.1) is 5.92 Å². The first-order valence-electron chi connectivity index (χ1n) is 5.92. The van der Waals surface area contributed by atoms with Gasteiger partial charge < -0.3 is 5.11 Å². The number of hydrogen-bond donors (Lipinski definition) is 1. The fourth-order valence-corrected chi connectivity index (χ4v) is 2.06. The smallest absolute Gasteiger partial charge is 0.0685 e. The SMILES string of the molecule is CCCC(C)C(C)(O)Cc1ccc(Cl)cc1. The van der Waals surface area contributed by atoms with Crippen molar-refractivity contribution >= 4 is 11.6 Å². The van der Waals surface area contributed by atoms with Crippen LogP contribution >= 0.6 is 11.6 Å². The summed E-state index contributed by atoms with van der Waals surface area (Å²) < 4.78 is 0. The maximum absolute atomic E-state index is 10.4. The second-order valence-corrected chi connectivity index (χ2v) is 5.29. The zero-order valence-corrected chi connectivity index (χ0v) is 11.1. The van der Waals surface area contributed by atoms with Crippen LogP contribution < -0.4 is 0 Å². The van der Waals surface area contributed by atoms with Gasteiger partial charge in [-0.15, -0.1) is 0 Å². The molecule has 16 heavy (non-hydrogen) atoms. The summed E-state index contributed by atoms with van der Waals surface area (Å²) in [4.78, 5) is 0. The van der Waals surface area contributed by atoms with Crippen LogP contribution in [0.2, 0.25) is 5.02 Å². The average molecular weight is 241 g/mol. The highest BCUT2D eigenvalue weighted by Gasteiger charge is 2.27. The minimum absolute atomic E-state index is 0.313. The molecule has 0 fully saturated rings. The van der Waals surface area contributed by atoms with Gasteiger partial charge in [-0.3, -0.25) is 0 Å². The van der Waals surface area contributed by atoms with E-state index in [-0.39, 0.29) is 0 Å². The van der Waals surface area contributed by atoms with Crippen molar-refractivity contribution in [2.75, 3.05) is 0 Å². The molecule has 0 heterocycles. The third-order valence-electron chi connectivity index (χ3n) is 3.26. The van der Waals surface area contributed by atoms with Gasteiger partial charge in [0.15, 0.2) is 0 Å². The Kier molecular flexibility index (Phi) is 4.82. The molecule has 2 unspecified atom stereocenters. The summed E-state index contributed by atoms with van der Waals surface area (Å²) in [5, 5.41) is 11.1. The van der Waals surface area contributed by atoms with Crippen molar-refractivity contribution in [3.8, 4) is 0 Å². The van der Waals surface area contributed by atoms with E-state index in [9.17, 15) is 5.11 Å². The van der Waals surface area contributed by atoms with Crippen LogP contribution in [-0.4, -0.2) is 10.7 Å². The van der Waals surface area contributed by atoms with Gasteiger partial charge in [-0.25, -0.2) is 0 Å². The molecule has 1 aromatic carbocycles. The third-order valence-corrected chi connectivity index (χ3v) is 3.51. The fraction of sp³-hybridized carbons (Fsp3) is 0.571. The highest BCUT2D eigenvalue weighted by molar-refractivity contribution is 6.30. The van der Waals surface area contributed by atoms with Crippen LogP contribution in [-0.2, 0) is 6.42 Å². The minimum atomic E-state index is -0.635. The Balaban J connectivity index is 2.68. The summed E-state index contributed by atoms with van der Waals surface area (Å²) in [6.07, 6.45) is 2.85. The van der Waals surface area contributed by atoms with Crippen molar-refractivity contribution < 1.29 is 5.11 Å². The normalized spacial score (nSPS) is 16.8. The first-order valence-corrected chi connectivity index (χ1v) is 6.30. The largest absolute Gasteiger partial charge is 0.390 e. The topological polar surface area (TPSA) is 20.2 Å². The molecule has 0 bridgehead atoms. The molecule has 1 nitrogen and oxygen atoms in total. The summed E-state index contributed by atoms with van der Waals surface area (Å²) in [5.41, 5.74) is 0.501. The van der Waals surface area contributed by atoms with Crippen LogP contribution in [0.3, 0.4) is 0 Å². The lowest BCUT2D eigenvalue weighted by molar-refractivity contribution is 0.00300. The Morgan fingerprint density at radius 2 is 1.88 bits per heavy atom. The first kappa shape index (κ1) is 13.5. The molecule has 2 heteroatoms. The average Bonchev–Trinajstić information content (AvgIpc) is 2.21. The first-order chi connectivity index (χ1) is 7.45. The second-order valence-electron chi connectivity index (χ2n) is 4.85. The van der Waals surface area contributed by atoms with Gasteiger partial charge in [-0.05, 0) is 37.0 Å². The van der Waals surface area contributed by atoms with E-state index >= 15 is 0 Å². The van der Waals surface area contributed by atoms with E-state index in [1.165, 1.54) is 0 Å². The Bertz CT molecular complexity index is 316. The lowest BCUT2D eigenvalue weighted by Gasteiger charge is -2.30. The Labute approximate surface area is 103 Å². The molecular formula is C14H21ClO. The molecule has 90 valence electrons. The van der Waals surface area contributed by atoms with Gasteiger partial charge in [0.25, 0.3) is 0 Å². The molecule has 0 aromatic heterocycles. The summed E-state index contributed by atoms with van der Waals surface area (Å²) in [6, 6.07) is 7.71. The minimum Gasteiger partial charge on any atom is -0.390 e. The van der Waals surface area contributed by atoms with Crippen LogP contribution in [0.5, 0.6) is 0 Å². The molecule has 2 atom stereocenters. The van der Waals surface area contributed by atoms with E-state index < -0.39 is 5.60 Å². The molecule has 0 aliphatic carbocycles. The highest BCUT2D eigenvalue weighted by Crippen LogP contribution is 2.26. The Hall–Kier alpha value is -0.530. The van der Waals surface area contributed by atoms with E-state index in [1.807, 2.05) is 31.2 Å². The number of halogens is 1. The monoisotopic (exact) mass is 240 g/mol. The van der Waals surface area contributed by atoms with Crippen LogP contribution in [0.4, 0.5) is 0 Å². The van der Waals surface area contributed by atoms with Gasteiger partial charge in [0.1, 0.15) is 0 Å². The fourth-order valence-electron chi connectivity index (χ4n) is 1.93. The molecule has 0 aliphatic rings. The third kappa shape index (κ3) is 3.80. The van der Waals surface area contributed by atoms with Crippen molar-refractivity contribution in [2.45, 2.75) is 45.6 Å². The lowest BCUT2D eigenvalue weighted by atomic mass is 9.82. The molecule has 0 spiro atoms. The highest BCUT2D eigenvalue weighted by atomic mass is 35.5. The standard InChI is InChI=1S/C14H21ClO/c1-4-5-11(2)14(3,16)10-12-6-8-13(15)9-7-12/h6-9,11,16H,4-5,10H2,1-3H3. The van der Waals surface area contributed by atoms with E-state index in [4.69, 9.17) is 11.6 Å². The number of aliphatic hydroxyl groups is 1. The van der Waals surface area contributed by atoms with Crippen molar-refractivity contribution in [1.29, 1.82) is 0 Å². The summed E-state index contributed by atoms with van der Waals surface area (Å²) in [7, 11) is 0. The van der Waals surface area contributed by atoms with Crippen molar-refractivity contribution in [3.05, 3.63) is 34.9 Å². The molecule has 0 radical (unpaired) electrons. The molecule has 0 saturated carbocycles. The van der Waals surface area contributed by atoms with E-state index in [2.05, 4.69) is 13.8 Å². The van der Waals surface area contributed by atoms with Crippen molar-refractivity contribution in [3.63, 3.8) is 0 Å². The summed E-state index contributed by atoms with van der Waals surface area (Å²) >= 11 is 5.83. The quantitative estimate of drug-likeness (QED) is 0.823. The molecule has 0 amide bonds. The zero-order valence-electron chi connectivity index (χ0n) is 10.3. The molecule has 1 N–H and O–H groups in total. The van der Waals surface area contributed by atoms with Gasteiger partial charge in [0.05, 0.1) is 5.60 Å². The van der Waals surface area contributed by atoms with Gasteiger partial charge in [-0.1, -0.05) is 44.0 Å². The number of rotatable bonds is 5. The van der Waals surface area contributed by atoms with Gasteiger partial charge in [0, 0.05) is 11.4 Å². The van der Waals surface area contributed by atoms with Gasteiger partial charge in [0.2, 0.25) is 0 Å². The molecular weight excluding hydrogens is 220 g/mol. The predicted molar refractivity (Wildman–Crippen MR) is 69.9 cm³/mol. The van der Waals surface area contributed by atoms with Crippen LogP contribution in [0.1, 0.15) is 39.2 Å². The lowest BCUT2D eigenvalue weighted by Crippen LogP contribution is -2.35. The zero-order chi connectivity index (χ0) is 12.2. The summed E-state index contributed by atoms with van der Waals surface area (Å²) in [6.45, 7) is 6.18. The van der Waals surface area contributed by atoms with Gasteiger partial charge >= 0.3 is 0 Å². The number of benzene rings is 1. The Morgan fingerprint density at radius 3 is 2.38 bits per heavy atom. The van der Waals surface area contributed by atoms with E-state index in [0.29, 0.717) is 12.3 Å². The molecule has 0 saturated heterocycles. The maximum atomic E-state index is 10.4. The van der Waals surface area contributed by atoms with E-state index in [1.54, 1.807) is 0 Å². The van der Waals surface area contributed by atoms with E-state index in [0.717, 1.165) is 23.4 Å². The van der Waals surface area contributed by atoms with Crippen LogP contribution in [0.15, 0.2) is 24.3 Å². The van der Waals surface area contributed by atoms with Crippen molar-refractivity contribution in [1.82, 2.24) is 0 Å². The maximum Gasteiger partial charge on any atom is 0.0685 e. The number of hydrogen-bond acceptors (Lipinski definition) is 1. The van der Waals surface area contributed by atoms with Gasteiger partial charge in [-0.2, -0.15) is 0 Å². The predicted octanol–water partition coefficient (Wildman–Crippen LogP) is 4.07.